The van der Waals surface area contributed by atoms with Crippen LogP contribution in [0.3, 0.4) is 0 Å². The normalized spacial score (nSPS) is 15.6. The lowest BCUT2D eigenvalue weighted by Gasteiger charge is -2.31. The van der Waals surface area contributed by atoms with Crippen molar-refractivity contribution in [2.24, 2.45) is 5.92 Å². The number of carbonyl (C=O) groups excluding carboxylic acids is 2. The van der Waals surface area contributed by atoms with E-state index in [1.807, 2.05) is 30.3 Å². The van der Waals surface area contributed by atoms with Crippen molar-refractivity contribution < 1.29 is 22.8 Å². The van der Waals surface area contributed by atoms with Gasteiger partial charge < -0.3 is 15.5 Å². The Morgan fingerprint density at radius 3 is 2.42 bits per heavy atom. The molecule has 3 amide bonds. The Bertz CT molecular complexity index is 591. The zero-order valence-electron chi connectivity index (χ0n) is 14.2. The van der Waals surface area contributed by atoms with Crippen LogP contribution < -0.4 is 10.6 Å². The zero-order valence-corrected chi connectivity index (χ0v) is 15.0. The molecule has 1 aliphatic rings. The fraction of sp³-hybridized carbons (Fsp3) is 0.529. The summed E-state index contributed by atoms with van der Waals surface area (Å²) in [4.78, 5) is 25.9. The van der Waals surface area contributed by atoms with Gasteiger partial charge in [-0.15, -0.1) is 0 Å². The number of nitrogens with zero attached hydrogens (tertiary/aromatic N) is 1. The van der Waals surface area contributed by atoms with Crippen LogP contribution in [0.5, 0.6) is 0 Å². The molecule has 1 heterocycles. The van der Waals surface area contributed by atoms with Gasteiger partial charge in [0.15, 0.2) is 0 Å². The number of alkyl halides is 3. The van der Waals surface area contributed by atoms with Gasteiger partial charge in [-0.25, -0.2) is 4.79 Å². The second-order valence-electron chi connectivity index (χ2n) is 6.02. The number of thioether (sulfide) groups is 1. The number of piperidine rings is 1. The maximum absolute atomic E-state index is 12.2. The van der Waals surface area contributed by atoms with Crippen molar-refractivity contribution in [3.63, 3.8) is 0 Å². The number of benzene rings is 1. The van der Waals surface area contributed by atoms with E-state index in [9.17, 15) is 22.8 Å². The predicted molar refractivity (Wildman–Crippen MR) is 96.1 cm³/mol. The third kappa shape index (κ3) is 7.15. The Morgan fingerprint density at radius 2 is 1.81 bits per heavy atom. The van der Waals surface area contributed by atoms with Crippen LogP contribution in [0.15, 0.2) is 30.3 Å². The first-order chi connectivity index (χ1) is 12.3. The molecule has 1 saturated heterocycles. The number of para-hydroxylation sites is 1. The number of likely N-dealkylation sites (tertiary alicyclic amines) is 1. The van der Waals surface area contributed by atoms with E-state index in [2.05, 4.69) is 10.6 Å². The zero-order chi connectivity index (χ0) is 19.0. The van der Waals surface area contributed by atoms with Crippen molar-refractivity contribution in [2.45, 2.75) is 19.0 Å². The molecular weight excluding hydrogens is 367 g/mol. The summed E-state index contributed by atoms with van der Waals surface area (Å²) in [6.07, 6.45) is -3.05. The lowest BCUT2D eigenvalue weighted by molar-refractivity contribution is -0.121. The molecule has 9 heteroatoms. The minimum Gasteiger partial charge on any atom is -0.337 e. The topological polar surface area (TPSA) is 61.4 Å². The molecule has 1 aromatic rings. The number of hydrogen-bond acceptors (Lipinski definition) is 3. The summed E-state index contributed by atoms with van der Waals surface area (Å²) < 4.78 is 36.1. The van der Waals surface area contributed by atoms with Gasteiger partial charge in [-0.05, 0) is 25.0 Å². The molecule has 2 N–H and O–H groups in total. The summed E-state index contributed by atoms with van der Waals surface area (Å²) in [5, 5.41) is 5.48. The first-order valence-electron chi connectivity index (χ1n) is 8.38. The average Bonchev–Trinajstić information content (AvgIpc) is 2.61. The van der Waals surface area contributed by atoms with Gasteiger partial charge in [-0.3, -0.25) is 4.79 Å². The molecule has 26 heavy (non-hydrogen) atoms. The summed E-state index contributed by atoms with van der Waals surface area (Å²) in [6.45, 7) is 1.09. The van der Waals surface area contributed by atoms with Crippen LogP contribution in [0.2, 0.25) is 0 Å². The first kappa shape index (κ1) is 20.4. The average molecular weight is 389 g/mol. The number of anilines is 1. The summed E-state index contributed by atoms with van der Waals surface area (Å²) >= 11 is 0.743. The second-order valence-corrected chi connectivity index (χ2v) is 7.12. The maximum atomic E-state index is 12.2. The Morgan fingerprint density at radius 1 is 1.15 bits per heavy atom. The molecule has 0 saturated carbocycles. The number of halogens is 3. The van der Waals surface area contributed by atoms with Crippen molar-refractivity contribution >= 4 is 29.4 Å². The molecule has 5 nitrogen and oxygen atoms in total. The minimum atomic E-state index is -4.18. The Kier molecular flexibility index (Phi) is 7.62. The van der Waals surface area contributed by atoms with Gasteiger partial charge in [0, 0.05) is 37.0 Å². The highest BCUT2D eigenvalue weighted by molar-refractivity contribution is 7.99. The molecule has 0 aromatic heterocycles. The number of urea groups is 1. The Hall–Kier alpha value is -1.90. The highest BCUT2D eigenvalue weighted by Crippen LogP contribution is 2.21. The van der Waals surface area contributed by atoms with Crippen LogP contribution in [-0.4, -0.2) is 54.2 Å². The summed E-state index contributed by atoms with van der Waals surface area (Å²) in [6, 6.07) is 8.90. The van der Waals surface area contributed by atoms with Crippen molar-refractivity contribution in [2.75, 3.05) is 36.5 Å². The maximum Gasteiger partial charge on any atom is 0.397 e. The molecule has 0 aliphatic carbocycles. The van der Waals surface area contributed by atoms with Gasteiger partial charge in [0.2, 0.25) is 5.91 Å². The summed E-state index contributed by atoms with van der Waals surface area (Å²) in [5.41, 5.74) is 0.744. The first-order valence-corrected chi connectivity index (χ1v) is 9.54. The minimum absolute atomic E-state index is 0.0557. The molecule has 1 aliphatic heterocycles. The fourth-order valence-electron chi connectivity index (χ4n) is 2.64. The Balaban J connectivity index is 1.64. The molecule has 144 valence electrons. The highest BCUT2D eigenvalue weighted by atomic mass is 32.2. The lowest BCUT2D eigenvalue weighted by Crippen LogP contribution is -2.46. The van der Waals surface area contributed by atoms with E-state index < -0.39 is 11.9 Å². The summed E-state index contributed by atoms with van der Waals surface area (Å²) in [7, 11) is 0. The predicted octanol–water partition coefficient (Wildman–Crippen LogP) is 3.34. The van der Waals surface area contributed by atoms with Crippen LogP contribution in [-0.2, 0) is 4.79 Å². The number of amides is 3. The third-order valence-corrected chi connectivity index (χ3v) is 5.01. The third-order valence-electron chi connectivity index (χ3n) is 3.98. The van der Waals surface area contributed by atoms with Crippen LogP contribution in [0.4, 0.5) is 23.7 Å². The van der Waals surface area contributed by atoms with E-state index in [4.69, 9.17) is 0 Å². The highest BCUT2D eigenvalue weighted by Gasteiger charge is 2.28. The van der Waals surface area contributed by atoms with E-state index in [1.54, 1.807) is 4.90 Å². The number of carbonyl (C=O) groups is 2. The van der Waals surface area contributed by atoms with Gasteiger partial charge in [0.05, 0.1) is 5.75 Å². The van der Waals surface area contributed by atoms with Crippen LogP contribution in [0.1, 0.15) is 12.8 Å². The largest absolute Gasteiger partial charge is 0.397 e. The van der Waals surface area contributed by atoms with Crippen molar-refractivity contribution in [1.29, 1.82) is 0 Å². The summed E-state index contributed by atoms with van der Waals surface area (Å²) in [5.74, 6) is -0.909. The van der Waals surface area contributed by atoms with Gasteiger partial charge in [0.25, 0.3) is 0 Å². The van der Waals surface area contributed by atoms with E-state index in [1.165, 1.54) is 0 Å². The molecule has 0 bridgehead atoms. The fourth-order valence-corrected chi connectivity index (χ4v) is 3.26. The quantitative estimate of drug-likeness (QED) is 0.734. The van der Waals surface area contributed by atoms with E-state index in [0.29, 0.717) is 25.9 Å². The number of hydrogen-bond donors (Lipinski definition) is 2. The monoisotopic (exact) mass is 389 g/mol. The number of rotatable bonds is 6. The van der Waals surface area contributed by atoms with Gasteiger partial charge in [0.1, 0.15) is 0 Å². The molecule has 1 aromatic carbocycles. The van der Waals surface area contributed by atoms with Crippen LogP contribution >= 0.6 is 11.8 Å². The van der Waals surface area contributed by atoms with Gasteiger partial charge >= 0.3 is 12.2 Å². The van der Waals surface area contributed by atoms with Crippen LogP contribution in [0, 0.1) is 5.92 Å². The van der Waals surface area contributed by atoms with Crippen molar-refractivity contribution in [3.05, 3.63) is 30.3 Å². The van der Waals surface area contributed by atoms with E-state index in [0.717, 1.165) is 17.4 Å². The standard InChI is InChI=1S/C17H22F3N3O2S/c18-17(19,20)12-26-11-8-21-16(25)23-9-6-13(7-10-23)15(24)22-14-4-2-1-3-5-14/h1-5,13H,6-12H2,(H,21,25)(H,22,24). The van der Waals surface area contributed by atoms with Gasteiger partial charge in [-0.2, -0.15) is 24.9 Å². The Labute approximate surface area is 154 Å². The molecule has 2 rings (SSSR count). The molecule has 0 radical (unpaired) electrons. The lowest BCUT2D eigenvalue weighted by atomic mass is 9.96. The molecule has 1 fully saturated rings. The molecule has 0 unspecified atom stereocenters. The van der Waals surface area contributed by atoms with E-state index in [-0.39, 0.29) is 30.2 Å². The second kappa shape index (κ2) is 9.70. The molecule has 0 spiro atoms. The SMILES string of the molecule is O=C(Nc1ccccc1)C1CCN(C(=O)NCCSCC(F)(F)F)CC1. The van der Waals surface area contributed by atoms with Gasteiger partial charge in [-0.1, -0.05) is 18.2 Å². The van der Waals surface area contributed by atoms with Crippen molar-refractivity contribution in [1.82, 2.24) is 10.2 Å². The van der Waals surface area contributed by atoms with E-state index >= 15 is 0 Å². The molecular formula is C17H22F3N3O2S. The smallest absolute Gasteiger partial charge is 0.337 e. The number of nitrogens with one attached hydrogen (secondary N) is 2. The van der Waals surface area contributed by atoms with Crippen molar-refractivity contribution in [3.8, 4) is 0 Å². The molecule has 0 atom stereocenters. The van der Waals surface area contributed by atoms with Crippen LogP contribution in [0.25, 0.3) is 0 Å².